The lowest BCUT2D eigenvalue weighted by atomic mass is 9.77. The highest BCUT2D eigenvalue weighted by Crippen LogP contribution is 2.39. The lowest BCUT2D eigenvalue weighted by Gasteiger charge is -2.42. The molecule has 11 heteroatoms. The van der Waals surface area contributed by atoms with Crippen LogP contribution in [0.25, 0.3) is 11.6 Å². The minimum absolute atomic E-state index is 0.0293. The second kappa shape index (κ2) is 8.03. The van der Waals surface area contributed by atoms with Gasteiger partial charge in [-0.3, -0.25) is 4.21 Å². The normalized spacial score (nSPS) is 20.8. The molecule has 0 aromatic carbocycles. The number of fused-ring (bicyclic) bond motifs is 2. The van der Waals surface area contributed by atoms with E-state index in [9.17, 15) is 9.32 Å². The van der Waals surface area contributed by atoms with Gasteiger partial charge in [0, 0.05) is 30.3 Å². The molecule has 3 aromatic rings. The fraction of sp³-hybridized carbons (Fsp3) is 0.455. The van der Waals surface area contributed by atoms with Crippen LogP contribution in [-0.2, 0) is 30.3 Å². The van der Waals surface area contributed by atoms with E-state index >= 15 is 0 Å². The van der Waals surface area contributed by atoms with Crippen molar-refractivity contribution in [2.24, 2.45) is 0 Å². The second-order valence-electron chi connectivity index (χ2n) is 8.86. The molecular formula is C22H23ClN6O3S. The van der Waals surface area contributed by atoms with Crippen molar-refractivity contribution in [2.45, 2.75) is 55.6 Å². The number of hydrogen-bond donors (Lipinski definition) is 2. The van der Waals surface area contributed by atoms with Gasteiger partial charge in [0.05, 0.1) is 40.2 Å². The van der Waals surface area contributed by atoms with Crippen molar-refractivity contribution in [1.82, 2.24) is 19.9 Å². The number of aliphatic hydroxyl groups excluding tert-OH is 1. The molecule has 9 nitrogen and oxygen atoms in total. The van der Waals surface area contributed by atoms with Gasteiger partial charge in [0.2, 0.25) is 5.95 Å². The molecule has 0 saturated heterocycles. The molecular weight excluding hydrogens is 464 g/mol. The maximum absolute atomic E-state index is 12.8. The summed E-state index contributed by atoms with van der Waals surface area (Å²) in [5, 5.41) is 13.9. The molecule has 172 valence electrons. The smallest absolute Gasteiger partial charge is 0.228 e. The number of nitrogens with zero attached hydrogens (tertiary/aromatic N) is 5. The van der Waals surface area contributed by atoms with Gasteiger partial charge in [-0.1, -0.05) is 11.6 Å². The van der Waals surface area contributed by atoms with Gasteiger partial charge in [-0.15, -0.1) is 0 Å². The molecule has 1 saturated carbocycles. The number of hydrogen-bond acceptors (Lipinski definition) is 9. The van der Waals surface area contributed by atoms with Crippen LogP contribution in [-0.4, -0.2) is 47.2 Å². The van der Waals surface area contributed by atoms with Crippen molar-refractivity contribution < 1.29 is 13.7 Å². The van der Waals surface area contributed by atoms with Gasteiger partial charge in [-0.25, -0.2) is 15.0 Å². The summed E-state index contributed by atoms with van der Waals surface area (Å²) in [4.78, 5) is 20.8. The molecule has 0 spiro atoms. The summed E-state index contributed by atoms with van der Waals surface area (Å²) < 4.78 is 18.9. The molecule has 0 unspecified atom stereocenters. The number of rotatable bonds is 5. The third-order valence-corrected chi connectivity index (χ3v) is 8.35. The van der Waals surface area contributed by atoms with Crippen LogP contribution >= 0.6 is 11.6 Å². The monoisotopic (exact) mass is 486 g/mol. The Morgan fingerprint density at radius 2 is 2.03 bits per heavy atom. The first-order chi connectivity index (χ1) is 16.0. The van der Waals surface area contributed by atoms with E-state index in [1.807, 2.05) is 6.07 Å². The average Bonchev–Trinajstić information content (AvgIpc) is 3.36. The highest BCUT2D eigenvalue weighted by molar-refractivity contribution is 7.85. The molecule has 5 heterocycles. The molecule has 1 fully saturated rings. The fourth-order valence-electron chi connectivity index (χ4n) is 4.63. The molecule has 2 N–H and O–H groups in total. The summed E-state index contributed by atoms with van der Waals surface area (Å²) in [5.74, 6) is 3.72. The Hall–Kier alpha value is -2.56. The molecule has 0 bridgehead atoms. The standard InChI is InChI=1S/C22H23ClN6O3S/c23-14-8-24-19(25-9-14)16-7-13-10-29(11-17(13)32-16)21-26-15-3-1-6-33(31)18(15)20(27-21)28-22(12-30)4-2-5-22/h7-9,30H,1-6,10-12H2,(H,26,27,28)/t33-/m0/s1. The van der Waals surface area contributed by atoms with E-state index in [2.05, 4.69) is 20.2 Å². The lowest BCUT2D eigenvalue weighted by molar-refractivity contribution is 0.143. The summed E-state index contributed by atoms with van der Waals surface area (Å²) in [5.41, 5.74) is 1.48. The third kappa shape index (κ3) is 3.70. The van der Waals surface area contributed by atoms with Crippen LogP contribution in [0.3, 0.4) is 0 Å². The minimum Gasteiger partial charge on any atom is -0.455 e. The van der Waals surface area contributed by atoms with E-state index < -0.39 is 10.8 Å². The Labute approximate surface area is 198 Å². The molecule has 3 aliphatic rings. The number of nitrogens with one attached hydrogen (secondary N) is 1. The maximum atomic E-state index is 12.8. The first-order valence-electron chi connectivity index (χ1n) is 11.1. The highest BCUT2D eigenvalue weighted by Gasteiger charge is 2.39. The van der Waals surface area contributed by atoms with Gasteiger partial charge in [0.15, 0.2) is 11.6 Å². The number of anilines is 2. The van der Waals surface area contributed by atoms with Crippen molar-refractivity contribution >= 4 is 34.2 Å². The van der Waals surface area contributed by atoms with Crippen molar-refractivity contribution in [3.05, 3.63) is 40.5 Å². The summed E-state index contributed by atoms with van der Waals surface area (Å²) >= 11 is 5.88. The molecule has 3 aromatic heterocycles. The summed E-state index contributed by atoms with van der Waals surface area (Å²) in [7, 11) is -1.14. The Morgan fingerprint density at radius 1 is 1.21 bits per heavy atom. The van der Waals surface area contributed by atoms with Gasteiger partial charge in [0.1, 0.15) is 16.5 Å². The molecule has 2 aliphatic heterocycles. The summed E-state index contributed by atoms with van der Waals surface area (Å²) in [6.45, 7) is 1.15. The first-order valence-corrected chi connectivity index (χ1v) is 12.8. The zero-order chi connectivity index (χ0) is 22.6. The van der Waals surface area contributed by atoms with Gasteiger partial charge < -0.3 is 19.7 Å². The lowest BCUT2D eigenvalue weighted by Crippen LogP contribution is -2.49. The fourth-order valence-corrected chi connectivity index (χ4v) is 6.06. The number of aromatic nitrogens is 4. The van der Waals surface area contributed by atoms with E-state index in [0.29, 0.717) is 52.1 Å². The van der Waals surface area contributed by atoms with Crippen molar-refractivity contribution in [3.8, 4) is 11.6 Å². The van der Waals surface area contributed by atoms with Gasteiger partial charge in [-0.05, 0) is 38.2 Å². The summed E-state index contributed by atoms with van der Waals surface area (Å²) in [6, 6.07) is 1.94. The number of furan rings is 1. The van der Waals surface area contributed by atoms with Gasteiger partial charge in [-0.2, -0.15) is 4.98 Å². The Morgan fingerprint density at radius 3 is 2.73 bits per heavy atom. The Kier molecular flexibility index (Phi) is 5.11. The quantitative estimate of drug-likeness (QED) is 0.560. The topological polar surface area (TPSA) is 117 Å². The van der Waals surface area contributed by atoms with Crippen LogP contribution in [0.2, 0.25) is 5.02 Å². The van der Waals surface area contributed by atoms with Crippen LogP contribution in [0.5, 0.6) is 0 Å². The van der Waals surface area contributed by atoms with Crippen LogP contribution < -0.4 is 10.2 Å². The molecule has 0 radical (unpaired) electrons. The van der Waals surface area contributed by atoms with Crippen molar-refractivity contribution in [1.29, 1.82) is 0 Å². The molecule has 1 aliphatic carbocycles. The molecule has 0 amide bonds. The zero-order valence-corrected chi connectivity index (χ0v) is 19.5. The van der Waals surface area contributed by atoms with Gasteiger partial charge >= 0.3 is 0 Å². The van der Waals surface area contributed by atoms with E-state index in [0.717, 1.165) is 49.1 Å². The predicted octanol–water partition coefficient (Wildman–Crippen LogP) is 3.08. The zero-order valence-electron chi connectivity index (χ0n) is 17.9. The molecule has 33 heavy (non-hydrogen) atoms. The summed E-state index contributed by atoms with van der Waals surface area (Å²) in [6.07, 6.45) is 7.51. The molecule has 1 atom stereocenters. The van der Waals surface area contributed by atoms with Crippen molar-refractivity contribution in [2.75, 3.05) is 22.6 Å². The van der Waals surface area contributed by atoms with E-state index in [-0.39, 0.29) is 12.1 Å². The Balaban J connectivity index is 1.30. The average molecular weight is 487 g/mol. The third-order valence-electron chi connectivity index (χ3n) is 6.61. The van der Waals surface area contributed by atoms with E-state index in [1.165, 1.54) is 0 Å². The SMILES string of the molecule is O=[S@]1CCCc2nc(N3Cc4cc(-c5ncc(Cl)cn5)oc4C3)nc(NC3(CO)CCC3)c21. The number of halogens is 1. The van der Waals surface area contributed by atoms with Crippen LogP contribution in [0.15, 0.2) is 27.8 Å². The van der Waals surface area contributed by atoms with E-state index in [4.69, 9.17) is 26.0 Å². The Bertz CT molecular complexity index is 1210. The predicted molar refractivity (Wildman–Crippen MR) is 124 cm³/mol. The van der Waals surface area contributed by atoms with Crippen LogP contribution in [0.4, 0.5) is 11.8 Å². The van der Waals surface area contributed by atoms with Crippen LogP contribution in [0.1, 0.15) is 42.7 Å². The maximum Gasteiger partial charge on any atom is 0.228 e. The second-order valence-corrected chi connectivity index (χ2v) is 10.8. The number of aliphatic hydroxyl groups is 1. The largest absolute Gasteiger partial charge is 0.455 e. The number of aryl methyl sites for hydroxylation is 1. The van der Waals surface area contributed by atoms with Crippen molar-refractivity contribution in [3.63, 3.8) is 0 Å². The van der Waals surface area contributed by atoms with Crippen LogP contribution in [0, 0.1) is 0 Å². The minimum atomic E-state index is -1.14. The molecule has 6 rings (SSSR count). The first kappa shape index (κ1) is 21.0. The highest BCUT2D eigenvalue weighted by atomic mass is 35.5. The van der Waals surface area contributed by atoms with Gasteiger partial charge in [0.25, 0.3) is 0 Å². The van der Waals surface area contributed by atoms with E-state index in [1.54, 1.807) is 12.4 Å².